The molecule has 1 fully saturated rings. The normalized spacial score (nSPS) is 15.7. The van der Waals surface area contributed by atoms with Gasteiger partial charge in [-0.05, 0) is 60.9 Å². The number of piperidine rings is 1. The molecule has 0 aliphatic carbocycles. The number of nitrogens with zero attached hydrogens (tertiary/aromatic N) is 2. The summed E-state index contributed by atoms with van der Waals surface area (Å²) in [5, 5.41) is 0. The van der Waals surface area contributed by atoms with Crippen LogP contribution in [0.4, 0.5) is 5.69 Å². The Kier molecular flexibility index (Phi) is 9.19. The maximum atomic E-state index is 12.7. The fourth-order valence-electron chi connectivity index (χ4n) is 4.57. The van der Waals surface area contributed by atoms with Crippen LogP contribution in [-0.4, -0.2) is 42.5 Å². The van der Waals surface area contributed by atoms with Gasteiger partial charge in [0.15, 0.2) is 0 Å². The van der Waals surface area contributed by atoms with Crippen molar-refractivity contribution in [3.63, 3.8) is 0 Å². The number of carbonyl (C=O) groups is 1. The largest absolute Gasteiger partial charge is 0.489 e. The molecule has 1 unspecified atom stereocenters. The number of anilines is 1. The molecule has 33 heavy (non-hydrogen) atoms. The van der Waals surface area contributed by atoms with E-state index in [-0.39, 0.29) is 11.9 Å². The lowest BCUT2D eigenvalue weighted by molar-refractivity contribution is -0.134. The molecule has 1 saturated heterocycles. The van der Waals surface area contributed by atoms with Crippen LogP contribution in [0.25, 0.3) is 0 Å². The summed E-state index contributed by atoms with van der Waals surface area (Å²) in [6.45, 7) is 11.9. The molecule has 1 amide bonds. The molecule has 1 aliphatic rings. The van der Waals surface area contributed by atoms with Crippen LogP contribution in [-0.2, 0) is 11.4 Å². The zero-order valence-corrected chi connectivity index (χ0v) is 20.7. The molecular formula is C28H41N3O2. The van der Waals surface area contributed by atoms with Crippen LogP contribution in [0, 0.1) is 11.8 Å². The summed E-state index contributed by atoms with van der Waals surface area (Å²) in [5.41, 5.74) is 8.55. The Balaban J connectivity index is 1.60. The predicted molar refractivity (Wildman–Crippen MR) is 136 cm³/mol. The summed E-state index contributed by atoms with van der Waals surface area (Å²) in [6, 6.07) is 18.7. The summed E-state index contributed by atoms with van der Waals surface area (Å²) in [7, 11) is 0. The Bertz CT molecular complexity index is 843. The first-order chi connectivity index (χ1) is 15.8. The Morgan fingerprint density at radius 2 is 1.64 bits per heavy atom. The first kappa shape index (κ1) is 25.1. The van der Waals surface area contributed by atoms with Gasteiger partial charge in [0.2, 0.25) is 5.91 Å². The van der Waals surface area contributed by atoms with Crippen LogP contribution in [0.3, 0.4) is 0 Å². The molecule has 5 nitrogen and oxygen atoms in total. The maximum absolute atomic E-state index is 12.7. The van der Waals surface area contributed by atoms with Gasteiger partial charge in [-0.2, -0.15) is 0 Å². The first-order valence-electron chi connectivity index (χ1n) is 12.4. The van der Waals surface area contributed by atoms with E-state index >= 15 is 0 Å². The van der Waals surface area contributed by atoms with Crippen molar-refractivity contribution in [1.82, 2.24) is 4.90 Å². The molecule has 1 aliphatic heterocycles. The van der Waals surface area contributed by atoms with E-state index in [2.05, 4.69) is 69.0 Å². The summed E-state index contributed by atoms with van der Waals surface area (Å²) in [4.78, 5) is 17.2. The zero-order valence-electron chi connectivity index (χ0n) is 20.7. The highest BCUT2D eigenvalue weighted by atomic mass is 16.5. The van der Waals surface area contributed by atoms with Crippen LogP contribution < -0.4 is 15.4 Å². The van der Waals surface area contributed by atoms with Gasteiger partial charge in [0.25, 0.3) is 0 Å². The van der Waals surface area contributed by atoms with Crippen molar-refractivity contribution in [1.29, 1.82) is 0 Å². The summed E-state index contributed by atoms with van der Waals surface area (Å²) >= 11 is 0. The van der Waals surface area contributed by atoms with E-state index in [0.29, 0.717) is 24.5 Å². The molecule has 0 bridgehead atoms. The summed E-state index contributed by atoms with van der Waals surface area (Å²) < 4.78 is 5.97. The van der Waals surface area contributed by atoms with Crippen LogP contribution in [0.2, 0.25) is 0 Å². The van der Waals surface area contributed by atoms with Gasteiger partial charge in [-0.15, -0.1) is 0 Å². The number of likely N-dealkylation sites (tertiary alicyclic amines) is 1. The second kappa shape index (κ2) is 12.1. The molecule has 2 aromatic carbocycles. The van der Waals surface area contributed by atoms with Gasteiger partial charge in [-0.3, -0.25) is 4.79 Å². The molecule has 5 heteroatoms. The molecule has 1 atom stereocenters. The molecule has 1 heterocycles. The lowest BCUT2D eigenvalue weighted by atomic mass is 9.98. The van der Waals surface area contributed by atoms with Crippen LogP contribution in [0.15, 0.2) is 54.6 Å². The van der Waals surface area contributed by atoms with E-state index in [0.717, 1.165) is 50.2 Å². The third-order valence-electron chi connectivity index (χ3n) is 6.24. The smallest absolute Gasteiger partial charge is 0.239 e. The van der Waals surface area contributed by atoms with Crippen molar-refractivity contribution in [2.75, 3.05) is 24.5 Å². The van der Waals surface area contributed by atoms with Gasteiger partial charge in [0, 0.05) is 31.4 Å². The molecule has 0 spiro atoms. The van der Waals surface area contributed by atoms with Crippen molar-refractivity contribution in [2.24, 2.45) is 17.6 Å². The Morgan fingerprint density at radius 3 is 2.21 bits per heavy atom. The average molecular weight is 452 g/mol. The second-order valence-electron chi connectivity index (χ2n) is 10.1. The highest BCUT2D eigenvalue weighted by Gasteiger charge is 2.29. The number of amides is 1. The maximum Gasteiger partial charge on any atom is 0.239 e. The standard InChI is InChI=1S/C28H41N3O2/c1-21(2)18-27(29)28(32)30-16-14-25(15-17-30)31(19-22(3)4)24-10-12-26(13-11-24)33-20-23-8-6-5-7-9-23/h5-13,21-22,25,27H,14-20,29H2,1-4H3. The van der Waals surface area contributed by atoms with Gasteiger partial charge in [0.1, 0.15) is 12.4 Å². The van der Waals surface area contributed by atoms with Gasteiger partial charge < -0.3 is 20.3 Å². The number of rotatable bonds is 10. The fourth-order valence-corrected chi connectivity index (χ4v) is 4.57. The lowest BCUT2D eigenvalue weighted by Gasteiger charge is -2.41. The third-order valence-corrected chi connectivity index (χ3v) is 6.24. The number of ether oxygens (including phenoxy) is 1. The number of hydrogen-bond donors (Lipinski definition) is 1. The minimum atomic E-state index is -0.378. The van der Waals surface area contributed by atoms with Crippen molar-refractivity contribution in [3.8, 4) is 5.75 Å². The molecular weight excluding hydrogens is 410 g/mol. The highest BCUT2D eigenvalue weighted by molar-refractivity contribution is 5.81. The monoisotopic (exact) mass is 451 g/mol. The van der Waals surface area contributed by atoms with E-state index in [1.807, 2.05) is 23.1 Å². The van der Waals surface area contributed by atoms with E-state index < -0.39 is 0 Å². The Morgan fingerprint density at radius 1 is 1.00 bits per heavy atom. The van der Waals surface area contributed by atoms with Crippen molar-refractivity contribution in [3.05, 3.63) is 60.2 Å². The molecule has 2 N–H and O–H groups in total. The second-order valence-corrected chi connectivity index (χ2v) is 10.1. The molecule has 2 aromatic rings. The molecule has 0 aromatic heterocycles. The minimum absolute atomic E-state index is 0.109. The van der Waals surface area contributed by atoms with Crippen molar-refractivity contribution >= 4 is 11.6 Å². The van der Waals surface area contributed by atoms with Crippen LogP contribution in [0.1, 0.15) is 52.5 Å². The zero-order chi connectivity index (χ0) is 23.8. The van der Waals surface area contributed by atoms with Crippen LogP contribution in [0.5, 0.6) is 5.75 Å². The number of nitrogens with two attached hydrogens (primary N) is 1. The average Bonchev–Trinajstić information content (AvgIpc) is 2.81. The molecule has 3 rings (SSSR count). The lowest BCUT2D eigenvalue weighted by Crippen LogP contribution is -2.51. The van der Waals surface area contributed by atoms with Gasteiger partial charge >= 0.3 is 0 Å². The van der Waals surface area contributed by atoms with Crippen molar-refractivity contribution < 1.29 is 9.53 Å². The third kappa shape index (κ3) is 7.50. The minimum Gasteiger partial charge on any atom is -0.489 e. The topological polar surface area (TPSA) is 58.8 Å². The van der Waals surface area contributed by atoms with Gasteiger partial charge in [0.05, 0.1) is 6.04 Å². The van der Waals surface area contributed by atoms with E-state index in [1.165, 1.54) is 5.69 Å². The number of carbonyl (C=O) groups excluding carboxylic acids is 1. The molecule has 0 radical (unpaired) electrons. The Hall–Kier alpha value is -2.53. The SMILES string of the molecule is CC(C)CC(N)C(=O)N1CCC(N(CC(C)C)c2ccc(OCc3ccccc3)cc2)CC1. The summed E-state index contributed by atoms with van der Waals surface area (Å²) in [5.74, 6) is 1.98. The highest BCUT2D eigenvalue weighted by Crippen LogP contribution is 2.27. The number of benzene rings is 2. The van der Waals surface area contributed by atoms with Gasteiger partial charge in [-0.25, -0.2) is 0 Å². The molecule has 0 saturated carbocycles. The predicted octanol–water partition coefficient (Wildman–Crippen LogP) is 5.09. The molecule has 180 valence electrons. The first-order valence-corrected chi connectivity index (χ1v) is 12.4. The van der Waals surface area contributed by atoms with E-state index in [4.69, 9.17) is 10.5 Å². The number of hydrogen-bond acceptors (Lipinski definition) is 4. The quantitative estimate of drug-likeness (QED) is 0.546. The van der Waals surface area contributed by atoms with Gasteiger partial charge in [-0.1, -0.05) is 58.0 Å². The Labute approximate surface area is 199 Å². The van der Waals surface area contributed by atoms with Crippen LogP contribution >= 0.6 is 0 Å². The summed E-state index contributed by atoms with van der Waals surface area (Å²) in [6.07, 6.45) is 2.69. The van der Waals surface area contributed by atoms with Crippen molar-refractivity contribution in [2.45, 2.75) is 65.6 Å². The van der Waals surface area contributed by atoms with E-state index in [1.54, 1.807) is 0 Å². The van der Waals surface area contributed by atoms with E-state index in [9.17, 15) is 4.79 Å². The fraction of sp³-hybridized carbons (Fsp3) is 0.536.